The van der Waals surface area contributed by atoms with Gasteiger partial charge in [-0.25, -0.2) is 0 Å². The molecule has 0 saturated carbocycles. The Morgan fingerprint density at radius 1 is 1.05 bits per heavy atom. The first-order valence-electron chi connectivity index (χ1n) is 13.4. The molecular formula is C28H30Cl3F3N4O4. The molecule has 14 heteroatoms. The number of piperidine rings is 1. The van der Waals surface area contributed by atoms with Gasteiger partial charge in [0.25, 0.3) is 5.91 Å². The second-order valence-electron chi connectivity index (χ2n) is 11.2. The molecule has 0 bridgehead atoms. The second-order valence-corrected chi connectivity index (χ2v) is 12.4. The molecule has 0 radical (unpaired) electrons. The van der Waals surface area contributed by atoms with E-state index in [9.17, 15) is 27.9 Å². The van der Waals surface area contributed by atoms with Crippen molar-refractivity contribution in [1.82, 2.24) is 20.0 Å². The standard InChI is InChI=1S/C28H30Cl3F3N4O4/c1-36(2)25(39)21-4-3-19(12-22(21)31)42-20-13-38(14-20)18-5-7-37(8-6-18)26(40)24-27(41,28(32,33)34)23(35-24)15-9-16(29)11-17(30)10-15/h3-4,9-12,18,20,23-24,35,41H,5-8,13-14H2,1-2H3. The van der Waals surface area contributed by atoms with E-state index < -0.39 is 29.8 Å². The number of hydrogen-bond acceptors (Lipinski definition) is 6. The average Bonchev–Trinajstić information content (AvgIpc) is 2.88. The van der Waals surface area contributed by atoms with Crippen molar-refractivity contribution in [3.8, 4) is 5.75 Å². The van der Waals surface area contributed by atoms with Gasteiger partial charge in [-0.1, -0.05) is 34.8 Å². The molecule has 228 valence electrons. The molecule has 3 aliphatic rings. The van der Waals surface area contributed by atoms with E-state index in [2.05, 4.69) is 10.2 Å². The number of aliphatic hydroxyl groups is 1. The highest BCUT2D eigenvalue weighted by atomic mass is 35.5. The Labute approximate surface area is 256 Å². The first kappa shape index (κ1) is 31.2. The Kier molecular flexibility index (Phi) is 8.65. The van der Waals surface area contributed by atoms with Crippen LogP contribution < -0.4 is 10.1 Å². The van der Waals surface area contributed by atoms with Gasteiger partial charge in [-0.3, -0.25) is 19.8 Å². The molecule has 42 heavy (non-hydrogen) atoms. The molecule has 0 spiro atoms. The number of likely N-dealkylation sites (tertiary alicyclic amines) is 2. The van der Waals surface area contributed by atoms with Crippen LogP contribution in [-0.2, 0) is 4.79 Å². The van der Waals surface area contributed by atoms with E-state index in [1.165, 1.54) is 28.0 Å². The van der Waals surface area contributed by atoms with Gasteiger partial charge in [0.1, 0.15) is 17.9 Å². The van der Waals surface area contributed by atoms with Gasteiger partial charge in [0.15, 0.2) is 0 Å². The van der Waals surface area contributed by atoms with Crippen LogP contribution in [0.4, 0.5) is 13.2 Å². The number of hydrogen-bond donors (Lipinski definition) is 2. The van der Waals surface area contributed by atoms with Gasteiger partial charge >= 0.3 is 6.18 Å². The molecule has 0 aromatic heterocycles. The van der Waals surface area contributed by atoms with Crippen molar-refractivity contribution in [2.75, 3.05) is 40.3 Å². The van der Waals surface area contributed by atoms with Gasteiger partial charge in [0, 0.05) is 56.4 Å². The summed E-state index contributed by atoms with van der Waals surface area (Å²) in [4.78, 5) is 30.4. The van der Waals surface area contributed by atoms with Crippen molar-refractivity contribution in [1.29, 1.82) is 0 Å². The largest absolute Gasteiger partial charge is 0.488 e. The molecule has 2 aromatic carbocycles. The van der Waals surface area contributed by atoms with Crippen LogP contribution in [0.2, 0.25) is 15.1 Å². The number of alkyl halides is 3. The quantitative estimate of drug-likeness (QED) is 0.483. The monoisotopic (exact) mass is 648 g/mol. The third-order valence-corrected chi connectivity index (χ3v) is 8.93. The fraction of sp³-hybridized carbons (Fsp3) is 0.500. The zero-order valence-corrected chi connectivity index (χ0v) is 25.1. The van der Waals surface area contributed by atoms with E-state index in [4.69, 9.17) is 39.5 Å². The molecule has 8 nitrogen and oxygen atoms in total. The highest BCUT2D eigenvalue weighted by molar-refractivity contribution is 6.35. The molecule has 0 aliphatic carbocycles. The number of halogens is 6. The third-order valence-electron chi connectivity index (χ3n) is 8.18. The lowest BCUT2D eigenvalue weighted by atomic mass is 9.72. The highest BCUT2D eigenvalue weighted by Gasteiger charge is 2.72. The zero-order chi connectivity index (χ0) is 30.6. The Balaban J connectivity index is 1.14. The highest BCUT2D eigenvalue weighted by Crippen LogP contribution is 2.50. The average molecular weight is 650 g/mol. The second kappa shape index (κ2) is 11.7. The number of carbonyl (C=O) groups excluding carboxylic acids is 2. The topological polar surface area (TPSA) is 85.4 Å². The van der Waals surface area contributed by atoms with Crippen molar-refractivity contribution < 1.29 is 32.6 Å². The number of carbonyl (C=O) groups is 2. The Morgan fingerprint density at radius 3 is 2.21 bits per heavy atom. The van der Waals surface area contributed by atoms with E-state index in [-0.39, 0.29) is 46.8 Å². The fourth-order valence-corrected chi connectivity index (χ4v) is 6.62. The summed E-state index contributed by atoms with van der Waals surface area (Å²) >= 11 is 18.2. The number of amides is 2. The summed E-state index contributed by atoms with van der Waals surface area (Å²) in [5.41, 5.74) is -2.87. The van der Waals surface area contributed by atoms with Crippen molar-refractivity contribution in [2.24, 2.45) is 0 Å². The van der Waals surface area contributed by atoms with Crippen molar-refractivity contribution in [2.45, 2.75) is 48.8 Å². The van der Waals surface area contributed by atoms with E-state index >= 15 is 0 Å². The van der Waals surface area contributed by atoms with Crippen molar-refractivity contribution >= 4 is 46.6 Å². The molecule has 3 atom stereocenters. The van der Waals surface area contributed by atoms with Crippen LogP contribution in [0.3, 0.4) is 0 Å². The maximum atomic E-state index is 14.2. The summed E-state index contributed by atoms with van der Waals surface area (Å²) in [5, 5.41) is 14.0. The van der Waals surface area contributed by atoms with Gasteiger partial charge in [-0.05, 0) is 54.8 Å². The minimum atomic E-state index is -5.07. The lowest BCUT2D eigenvalue weighted by Crippen LogP contribution is -2.79. The van der Waals surface area contributed by atoms with E-state index in [0.29, 0.717) is 42.3 Å². The lowest BCUT2D eigenvalue weighted by Gasteiger charge is -2.54. The van der Waals surface area contributed by atoms with Gasteiger partial charge in [-0.2, -0.15) is 13.2 Å². The normalized spacial score (nSPS) is 25.5. The molecule has 2 aromatic rings. The Morgan fingerprint density at radius 2 is 1.67 bits per heavy atom. The van der Waals surface area contributed by atoms with Crippen LogP contribution in [0, 0.1) is 0 Å². The molecule has 2 amide bonds. The van der Waals surface area contributed by atoms with Crippen molar-refractivity contribution in [3.05, 3.63) is 62.6 Å². The Bertz CT molecular complexity index is 1350. The van der Waals surface area contributed by atoms with E-state index in [1.807, 2.05) is 0 Å². The third kappa shape index (κ3) is 5.79. The van der Waals surface area contributed by atoms with E-state index in [1.54, 1.807) is 32.3 Å². The number of benzene rings is 2. The van der Waals surface area contributed by atoms with Crippen LogP contribution in [0.15, 0.2) is 36.4 Å². The summed E-state index contributed by atoms with van der Waals surface area (Å²) in [5.74, 6) is -0.437. The molecule has 3 unspecified atom stereocenters. The molecule has 2 N–H and O–H groups in total. The first-order chi connectivity index (χ1) is 19.7. The summed E-state index contributed by atoms with van der Waals surface area (Å²) in [7, 11) is 3.29. The molecule has 5 rings (SSSR count). The number of rotatable bonds is 6. The number of nitrogens with one attached hydrogen (secondary N) is 1. The molecule has 3 heterocycles. The van der Waals surface area contributed by atoms with Gasteiger partial charge in [-0.15, -0.1) is 0 Å². The van der Waals surface area contributed by atoms with Crippen LogP contribution in [0.5, 0.6) is 5.75 Å². The van der Waals surface area contributed by atoms with Crippen molar-refractivity contribution in [3.63, 3.8) is 0 Å². The van der Waals surface area contributed by atoms with Crippen LogP contribution in [-0.4, -0.2) is 102 Å². The van der Waals surface area contributed by atoms with E-state index in [0.717, 1.165) is 0 Å². The summed E-state index contributed by atoms with van der Waals surface area (Å²) in [6.07, 6.45) is -3.99. The fourth-order valence-electron chi connectivity index (χ4n) is 5.82. The maximum Gasteiger partial charge on any atom is 0.421 e. The van der Waals surface area contributed by atoms with Crippen LogP contribution in [0.25, 0.3) is 0 Å². The van der Waals surface area contributed by atoms with Gasteiger partial charge in [0.2, 0.25) is 11.5 Å². The SMILES string of the molecule is CN(C)C(=O)c1ccc(OC2CN(C3CCN(C(=O)C4NC(c5cc(Cl)cc(Cl)c5)C4(O)C(F)(F)F)CC3)C2)cc1Cl. The predicted molar refractivity (Wildman–Crippen MR) is 152 cm³/mol. The summed E-state index contributed by atoms with van der Waals surface area (Å²) < 4.78 is 48.5. The molecule has 3 aliphatic heterocycles. The minimum absolute atomic E-state index is 0.0462. The lowest BCUT2D eigenvalue weighted by molar-refractivity contribution is -0.310. The summed E-state index contributed by atoms with van der Waals surface area (Å²) in [6, 6.07) is 5.62. The smallest absolute Gasteiger partial charge is 0.421 e. The summed E-state index contributed by atoms with van der Waals surface area (Å²) in [6.45, 7) is 1.83. The molecular weight excluding hydrogens is 620 g/mol. The Hall–Kier alpha value is -2.28. The zero-order valence-electron chi connectivity index (χ0n) is 22.8. The minimum Gasteiger partial charge on any atom is -0.488 e. The number of ether oxygens (including phenoxy) is 1. The van der Waals surface area contributed by atoms with Crippen LogP contribution >= 0.6 is 34.8 Å². The predicted octanol–water partition coefficient (Wildman–Crippen LogP) is 4.41. The first-order valence-corrected chi connectivity index (χ1v) is 14.5. The van der Waals surface area contributed by atoms with Crippen LogP contribution in [0.1, 0.15) is 34.8 Å². The maximum absolute atomic E-state index is 14.2. The molecule has 3 fully saturated rings. The number of nitrogens with zero attached hydrogens (tertiary/aromatic N) is 3. The van der Waals surface area contributed by atoms with Gasteiger partial charge in [0.05, 0.1) is 16.6 Å². The van der Waals surface area contributed by atoms with Gasteiger partial charge < -0.3 is 19.6 Å². The molecule has 3 saturated heterocycles.